The molecule has 0 saturated heterocycles. The van der Waals surface area contributed by atoms with Crippen LogP contribution in [0, 0.1) is 12.7 Å². The molecule has 0 unspecified atom stereocenters. The molecule has 6 heteroatoms. The molecule has 1 heterocycles. The largest absolute Gasteiger partial charge is 0.378 e. The van der Waals surface area contributed by atoms with Gasteiger partial charge in [-0.2, -0.15) is 0 Å². The summed E-state index contributed by atoms with van der Waals surface area (Å²) < 4.78 is 17.7. The number of carbonyl (C=O) groups is 1. The van der Waals surface area contributed by atoms with Gasteiger partial charge in [0, 0.05) is 12.8 Å². The van der Waals surface area contributed by atoms with E-state index in [0.29, 0.717) is 22.9 Å². The highest BCUT2D eigenvalue weighted by Crippen LogP contribution is 2.20. The molecule has 19 heavy (non-hydrogen) atoms. The van der Waals surface area contributed by atoms with Gasteiger partial charge >= 0.3 is 0 Å². The Bertz CT molecular complexity index is 581. The SMILES string of the molecule is COCc1nc(C)c(C(=O)Nc2ccc(F)cc2)s1. The van der Waals surface area contributed by atoms with Crippen LogP contribution in [0.5, 0.6) is 0 Å². The number of ether oxygens (including phenoxy) is 1. The maximum absolute atomic E-state index is 12.8. The second-order valence-electron chi connectivity index (χ2n) is 3.92. The molecule has 2 aromatic rings. The van der Waals surface area contributed by atoms with E-state index in [2.05, 4.69) is 10.3 Å². The van der Waals surface area contributed by atoms with Gasteiger partial charge in [0.05, 0.1) is 12.3 Å². The third-order valence-corrected chi connectivity index (χ3v) is 3.55. The summed E-state index contributed by atoms with van der Waals surface area (Å²) in [4.78, 5) is 16.9. The van der Waals surface area contributed by atoms with E-state index in [9.17, 15) is 9.18 Å². The van der Waals surface area contributed by atoms with Gasteiger partial charge in [0.25, 0.3) is 5.91 Å². The van der Waals surface area contributed by atoms with E-state index in [1.165, 1.54) is 35.6 Å². The van der Waals surface area contributed by atoms with E-state index in [-0.39, 0.29) is 11.7 Å². The number of nitrogens with one attached hydrogen (secondary N) is 1. The first-order valence-electron chi connectivity index (χ1n) is 5.62. The molecule has 100 valence electrons. The molecule has 0 aliphatic rings. The fourth-order valence-electron chi connectivity index (χ4n) is 1.57. The molecule has 0 saturated carbocycles. The zero-order valence-corrected chi connectivity index (χ0v) is 11.4. The van der Waals surface area contributed by atoms with Gasteiger partial charge in [-0.05, 0) is 31.2 Å². The van der Waals surface area contributed by atoms with E-state index in [0.717, 1.165) is 5.01 Å². The maximum Gasteiger partial charge on any atom is 0.267 e. The lowest BCUT2D eigenvalue weighted by Crippen LogP contribution is -2.11. The predicted molar refractivity (Wildman–Crippen MR) is 71.9 cm³/mol. The van der Waals surface area contributed by atoms with Gasteiger partial charge in [0.2, 0.25) is 0 Å². The number of nitrogens with zero attached hydrogens (tertiary/aromatic N) is 1. The molecule has 0 spiro atoms. The van der Waals surface area contributed by atoms with Crippen LogP contribution in [0.3, 0.4) is 0 Å². The summed E-state index contributed by atoms with van der Waals surface area (Å²) in [5.41, 5.74) is 1.21. The van der Waals surface area contributed by atoms with Crippen LogP contribution in [-0.4, -0.2) is 18.0 Å². The summed E-state index contributed by atoms with van der Waals surface area (Å²) in [7, 11) is 1.58. The van der Waals surface area contributed by atoms with Crippen molar-refractivity contribution in [3.8, 4) is 0 Å². The normalized spacial score (nSPS) is 10.5. The van der Waals surface area contributed by atoms with Crippen molar-refractivity contribution in [1.29, 1.82) is 0 Å². The van der Waals surface area contributed by atoms with Crippen LogP contribution < -0.4 is 5.32 Å². The molecule has 0 aliphatic heterocycles. The van der Waals surface area contributed by atoms with Gasteiger partial charge in [-0.3, -0.25) is 4.79 Å². The first-order chi connectivity index (χ1) is 9.10. The Balaban J connectivity index is 2.13. The topological polar surface area (TPSA) is 51.2 Å². The molecule has 0 radical (unpaired) electrons. The number of rotatable bonds is 4. The van der Waals surface area contributed by atoms with Crippen LogP contribution in [0.4, 0.5) is 10.1 Å². The molecular formula is C13H13FN2O2S. The minimum atomic E-state index is -0.339. The van der Waals surface area contributed by atoms with Crippen molar-refractivity contribution in [2.45, 2.75) is 13.5 Å². The Morgan fingerprint density at radius 1 is 1.42 bits per heavy atom. The summed E-state index contributed by atoms with van der Waals surface area (Å²) in [5.74, 6) is -0.585. The highest BCUT2D eigenvalue weighted by molar-refractivity contribution is 7.13. The summed E-state index contributed by atoms with van der Waals surface area (Å²) in [6.45, 7) is 2.16. The van der Waals surface area contributed by atoms with Crippen LogP contribution in [-0.2, 0) is 11.3 Å². The Hall–Kier alpha value is -1.79. The number of methoxy groups -OCH3 is 1. The van der Waals surface area contributed by atoms with E-state index in [4.69, 9.17) is 4.74 Å². The average molecular weight is 280 g/mol. The van der Waals surface area contributed by atoms with Crippen LogP contribution in [0.2, 0.25) is 0 Å². The van der Waals surface area contributed by atoms with Crippen molar-refractivity contribution in [2.75, 3.05) is 12.4 Å². The average Bonchev–Trinajstić information content (AvgIpc) is 2.74. The zero-order chi connectivity index (χ0) is 13.8. The lowest BCUT2D eigenvalue weighted by molar-refractivity contribution is 0.103. The first kappa shape index (κ1) is 13.6. The van der Waals surface area contributed by atoms with Gasteiger partial charge < -0.3 is 10.1 Å². The van der Waals surface area contributed by atoms with E-state index < -0.39 is 0 Å². The number of benzene rings is 1. The van der Waals surface area contributed by atoms with Crippen LogP contribution in [0.25, 0.3) is 0 Å². The molecule has 1 aromatic carbocycles. The number of carbonyl (C=O) groups excluding carboxylic acids is 1. The van der Waals surface area contributed by atoms with Crippen molar-refractivity contribution < 1.29 is 13.9 Å². The van der Waals surface area contributed by atoms with Crippen molar-refractivity contribution in [3.05, 3.63) is 45.7 Å². The number of hydrogen-bond acceptors (Lipinski definition) is 4. The zero-order valence-electron chi connectivity index (χ0n) is 10.6. The van der Waals surface area contributed by atoms with Crippen LogP contribution >= 0.6 is 11.3 Å². The van der Waals surface area contributed by atoms with Crippen LogP contribution in [0.15, 0.2) is 24.3 Å². The molecule has 0 atom stereocenters. The Morgan fingerprint density at radius 2 is 2.11 bits per heavy atom. The molecule has 2 rings (SSSR count). The third-order valence-electron chi connectivity index (χ3n) is 2.42. The van der Waals surface area contributed by atoms with Crippen LogP contribution in [0.1, 0.15) is 20.4 Å². The van der Waals surface area contributed by atoms with Gasteiger partial charge in [-0.15, -0.1) is 11.3 Å². The van der Waals surface area contributed by atoms with Crippen molar-refractivity contribution in [2.24, 2.45) is 0 Å². The Labute approximate surface area is 114 Å². The number of thiazole rings is 1. The molecule has 0 aliphatic carbocycles. The molecular weight excluding hydrogens is 267 g/mol. The van der Waals surface area contributed by atoms with E-state index in [1.54, 1.807) is 14.0 Å². The monoisotopic (exact) mass is 280 g/mol. The first-order valence-corrected chi connectivity index (χ1v) is 6.44. The van der Waals surface area contributed by atoms with Gasteiger partial charge in [-0.25, -0.2) is 9.37 Å². The van der Waals surface area contributed by atoms with Crippen molar-refractivity contribution >= 4 is 22.9 Å². The summed E-state index contributed by atoms with van der Waals surface area (Å²) >= 11 is 1.29. The molecule has 0 bridgehead atoms. The molecule has 1 N–H and O–H groups in total. The molecule has 1 aromatic heterocycles. The summed E-state index contributed by atoms with van der Waals surface area (Å²) in [6.07, 6.45) is 0. The quantitative estimate of drug-likeness (QED) is 0.936. The van der Waals surface area contributed by atoms with Crippen molar-refractivity contribution in [3.63, 3.8) is 0 Å². The highest BCUT2D eigenvalue weighted by Gasteiger charge is 2.15. The lowest BCUT2D eigenvalue weighted by Gasteiger charge is -2.03. The number of hydrogen-bond donors (Lipinski definition) is 1. The minimum absolute atomic E-state index is 0.246. The lowest BCUT2D eigenvalue weighted by atomic mass is 10.3. The second-order valence-corrected chi connectivity index (χ2v) is 5.00. The van der Waals surface area contributed by atoms with E-state index in [1.807, 2.05) is 0 Å². The standard InChI is InChI=1S/C13H13FN2O2S/c1-8-12(19-11(15-8)7-18-2)13(17)16-10-5-3-9(14)4-6-10/h3-6H,7H2,1-2H3,(H,16,17). The van der Waals surface area contributed by atoms with Gasteiger partial charge in [-0.1, -0.05) is 0 Å². The summed E-state index contributed by atoms with van der Waals surface area (Å²) in [6, 6.07) is 5.62. The van der Waals surface area contributed by atoms with Gasteiger partial charge in [0.15, 0.2) is 0 Å². The number of anilines is 1. The molecule has 1 amide bonds. The smallest absolute Gasteiger partial charge is 0.267 e. The second kappa shape index (κ2) is 5.90. The third kappa shape index (κ3) is 3.36. The predicted octanol–water partition coefficient (Wildman–Crippen LogP) is 2.99. The van der Waals surface area contributed by atoms with Gasteiger partial charge in [0.1, 0.15) is 15.7 Å². The number of aromatic nitrogens is 1. The highest BCUT2D eigenvalue weighted by atomic mass is 32.1. The number of amides is 1. The Kier molecular flexibility index (Phi) is 4.24. The summed E-state index contributed by atoms with van der Waals surface area (Å²) in [5, 5.41) is 3.46. The molecule has 0 fully saturated rings. The fourth-order valence-corrected chi connectivity index (χ4v) is 2.50. The number of aryl methyl sites for hydroxylation is 1. The minimum Gasteiger partial charge on any atom is -0.378 e. The number of halogens is 1. The molecule has 4 nitrogen and oxygen atoms in total. The maximum atomic E-state index is 12.8. The fraction of sp³-hybridized carbons (Fsp3) is 0.231. The van der Waals surface area contributed by atoms with Crippen molar-refractivity contribution in [1.82, 2.24) is 4.98 Å². The van der Waals surface area contributed by atoms with E-state index >= 15 is 0 Å². The Morgan fingerprint density at radius 3 is 2.74 bits per heavy atom.